The molecule has 0 spiro atoms. The Kier molecular flexibility index (Phi) is 3.29. The Morgan fingerprint density at radius 2 is 2.25 bits per heavy atom. The highest BCUT2D eigenvalue weighted by atomic mass is 127. The topological polar surface area (TPSA) is 23.8 Å². The molecule has 0 saturated heterocycles. The zero-order valence-electron chi connectivity index (χ0n) is 5.94. The van der Waals surface area contributed by atoms with Gasteiger partial charge in [-0.15, -0.1) is 0 Å². The van der Waals surface area contributed by atoms with Crippen molar-refractivity contribution < 1.29 is 4.39 Å². The van der Waals surface area contributed by atoms with E-state index in [4.69, 9.17) is 16.9 Å². The Bertz CT molecular complexity index is 346. The minimum absolute atomic E-state index is 0.217. The maximum atomic E-state index is 12.8. The average molecular weight is 295 g/mol. The molecule has 0 aliphatic carbocycles. The van der Waals surface area contributed by atoms with Crippen LogP contribution in [0.25, 0.3) is 0 Å². The van der Waals surface area contributed by atoms with E-state index >= 15 is 0 Å². The van der Waals surface area contributed by atoms with Crippen LogP contribution in [0.4, 0.5) is 4.39 Å². The van der Waals surface area contributed by atoms with Crippen molar-refractivity contribution in [1.29, 1.82) is 5.26 Å². The van der Waals surface area contributed by atoms with Crippen molar-refractivity contribution in [3.05, 3.63) is 32.1 Å². The molecule has 1 rings (SSSR count). The van der Waals surface area contributed by atoms with Gasteiger partial charge in [0.05, 0.1) is 12.5 Å². The van der Waals surface area contributed by atoms with Crippen LogP contribution in [0, 0.1) is 20.7 Å². The molecule has 1 aromatic carbocycles. The van der Waals surface area contributed by atoms with Gasteiger partial charge in [-0.25, -0.2) is 4.39 Å². The van der Waals surface area contributed by atoms with Gasteiger partial charge in [0, 0.05) is 8.59 Å². The number of hydrogen-bond acceptors (Lipinski definition) is 1. The summed E-state index contributed by atoms with van der Waals surface area (Å²) < 4.78 is 13.3. The molecule has 0 N–H and O–H groups in total. The molecule has 0 heterocycles. The van der Waals surface area contributed by atoms with Crippen molar-refractivity contribution in [1.82, 2.24) is 0 Å². The first-order chi connectivity index (χ1) is 5.65. The third-order valence-electron chi connectivity index (χ3n) is 1.36. The molecule has 0 atom stereocenters. The van der Waals surface area contributed by atoms with Crippen molar-refractivity contribution >= 4 is 34.2 Å². The SMILES string of the molecule is N#CCc1cc(I)c(F)cc1Cl. The van der Waals surface area contributed by atoms with Gasteiger partial charge in [-0.3, -0.25) is 0 Å². The average Bonchev–Trinajstić information content (AvgIpc) is 2.01. The second-order valence-electron chi connectivity index (χ2n) is 2.19. The van der Waals surface area contributed by atoms with Crippen LogP contribution in [-0.2, 0) is 6.42 Å². The first-order valence-corrected chi connectivity index (χ1v) is 4.61. The maximum absolute atomic E-state index is 12.8. The van der Waals surface area contributed by atoms with E-state index in [1.807, 2.05) is 28.7 Å². The summed E-state index contributed by atoms with van der Waals surface area (Å²) in [6.45, 7) is 0. The van der Waals surface area contributed by atoms with Crippen LogP contribution in [0.2, 0.25) is 5.02 Å². The molecule has 12 heavy (non-hydrogen) atoms. The van der Waals surface area contributed by atoms with Gasteiger partial charge in [-0.2, -0.15) is 5.26 Å². The van der Waals surface area contributed by atoms with Gasteiger partial charge in [0.1, 0.15) is 5.82 Å². The molecule has 0 radical (unpaired) electrons. The Hall–Kier alpha value is -0.340. The summed E-state index contributed by atoms with van der Waals surface area (Å²) in [6, 6.07) is 4.78. The molecule has 0 aliphatic heterocycles. The van der Waals surface area contributed by atoms with Crippen molar-refractivity contribution in [3.63, 3.8) is 0 Å². The Labute approximate surface area is 88.3 Å². The monoisotopic (exact) mass is 295 g/mol. The number of hydrogen-bond donors (Lipinski definition) is 0. The zero-order chi connectivity index (χ0) is 9.14. The van der Waals surface area contributed by atoms with Crippen LogP contribution < -0.4 is 0 Å². The Morgan fingerprint density at radius 3 is 2.83 bits per heavy atom. The van der Waals surface area contributed by atoms with E-state index in [1.54, 1.807) is 6.07 Å². The van der Waals surface area contributed by atoms with Gasteiger partial charge in [-0.05, 0) is 40.3 Å². The predicted octanol–water partition coefficient (Wildman–Crippen LogP) is 3.15. The Morgan fingerprint density at radius 1 is 1.58 bits per heavy atom. The summed E-state index contributed by atoms with van der Waals surface area (Å²) in [5.41, 5.74) is 0.671. The van der Waals surface area contributed by atoms with E-state index in [1.165, 1.54) is 6.07 Å². The highest BCUT2D eigenvalue weighted by Gasteiger charge is 2.05. The third-order valence-corrected chi connectivity index (χ3v) is 2.54. The summed E-state index contributed by atoms with van der Waals surface area (Å²) in [7, 11) is 0. The number of nitrogens with zero attached hydrogens (tertiary/aromatic N) is 1. The second-order valence-corrected chi connectivity index (χ2v) is 3.76. The van der Waals surface area contributed by atoms with Crippen LogP contribution >= 0.6 is 34.2 Å². The lowest BCUT2D eigenvalue weighted by Gasteiger charge is -2.00. The summed E-state index contributed by atoms with van der Waals surface area (Å²) in [6.07, 6.45) is 0.217. The summed E-state index contributed by atoms with van der Waals surface area (Å²) in [4.78, 5) is 0. The molecular formula is C8H4ClFIN. The zero-order valence-corrected chi connectivity index (χ0v) is 8.86. The van der Waals surface area contributed by atoms with Crippen molar-refractivity contribution in [2.75, 3.05) is 0 Å². The maximum Gasteiger partial charge on any atom is 0.138 e. The second kappa shape index (κ2) is 4.06. The number of rotatable bonds is 1. The number of nitriles is 1. The molecule has 4 heteroatoms. The standard InChI is InChI=1S/C8H4ClFIN/c9-6-4-7(10)8(11)3-5(6)1-2-12/h3-4H,1H2. The van der Waals surface area contributed by atoms with Crippen LogP contribution in [0.5, 0.6) is 0 Å². The van der Waals surface area contributed by atoms with Gasteiger partial charge in [-0.1, -0.05) is 11.6 Å². The van der Waals surface area contributed by atoms with Crippen molar-refractivity contribution in [2.45, 2.75) is 6.42 Å². The minimum atomic E-state index is -0.345. The molecule has 1 nitrogen and oxygen atoms in total. The van der Waals surface area contributed by atoms with Gasteiger partial charge >= 0.3 is 0 Å². The fraction of sp³-hybridized carbons (Fsp3) is 0.125. The van der Waals surface area contributed by atoms with E-state index in [0.29, 0.717) is 14.2 Å². The summed E-state index contributed by atoms with van der Waals surface area (Å²) >= 11 is 7.55. The molecule has 0 bridgehead atoms. The lowest BCUT2D eigenvalue weighted by molar-refractivity contribution is 0.620. The van der Waals surface area contributed by atoms with Crippen LogP contribution in [0.1, 0.15) is 5.56 Å². The first kappa shape index (κ1) is 9.75. The van der Waals surface area contributed by atoms with Crippen LogP contribution in [0.15, 0.2) is 12.1 Å². The van der Waals surface area contributed by atoms with E-state index in [-0.39, 0.29) is 12.2 Å². The fourth-order valence-corrected chi connectivity index (χ4v) is 1.53. The Balaban J connectivity index is 3.16. The molecule has 1 aromatic rings. The molecule has 62 valence electrons. The molecule has 0 aromatic heterocycles. The third kappa shape index (κ3) is 2.08. The molecule has 0 aliphatic rings. The highest BCUT2D eigenvalue weighted by Crippen LogP contribution is 2.22. The van der Waals surface area contributed by atoms with Gasteiger partial charge in [0.2, 0.25) is 0 Å². The lowest BCUT2D eigenvalue weighted by atomic mass is 10.2. The van der Waals surface area contributed by atoms with Gasteiger partial charge < -0.3 is 0 Å². The molecule has 0 unspecified atom stereocenters. The number of benzene rings is 1. The minimum Gasteiger partial charge on any atom is -0.206 e. The largest absolute Gasteiger partial charge is 0.206 e. The smallest absolute Gasteiger partial charge is 0.138 e. The molecular weight excluding hydrogens is 291 g/mol. The van der Waals surface area contributed by atoms with E-state index in [2.05, 4.69) is 0 Å². The number of halogens is 3. The van der Waals surface area contributed by atoms with Crippen molar-refractivity contribution in [3.8, 4) is 6.07 Å². The van der Waals surface area contributed by atoms with Gasteiger partial charge in [0.25, 0.3) is 0 Å². The van der Waals surface area contributed by atoms with E-state index < -0.39 is 0 Å². The predicted molar refractivity (Wildman–Crippen MR) is 53.4 cm³/mol. The van der Waals surface area contributed by atoms with E-state index in [9.17, 15) is 4.39 Å². The van der Waals surface area contributed by atoms with Crippen LogP contribution in [0.3, 0.4) is 0 Å². The molecule has 0 saturated carbocycles. The first-order valence-electron chi connectivity index (χ1n) is 3.15. The summed E-state index contributed by atoms with van der Waals surface area (Å²) in [5.74, 6) is -0.345. The molecule has 0 amide bonds. The lowest BCUT2D eigenvalue weighted by Crippen LogP contribution is -1.89. The quantitative estimate of drug-likeness (QED) is 0.577. The summed E-state index contributed by atoms with van der Waals surface area (Å²) in [5, 5.41) is 8.71. The fourth-order valence-electron chi connectivity index (χ4n) is 0.784. The molecule has 0 fully saturated rings. The highest BCUT2D eigenvalue weighted by molar-refractivity contribution is 14.1. The normalized spacial score (nSPS) is 9.50. The van der Waals surface area contributed by atoms with Gasteiger partial charge in [0.15, 0.2) is 0 Å². The van der Waals surface area contributed by atoms with Crippen molar-refractivity contribution in [2.24, 2.45) is 0 Å². The van der Waals surface area contributed by atoms with E-state index in [0.717, 1.165) is 0 Å². The van der Waals surface area contributed by atoms with Crippen LogP contribution in [-0.4, -0.2) is 0 Å².